The van der Waals surface area contributed by atoms with Gasteiger partial charge in [0.15, 0.2) is 0 Å². The quantitative estimate of drug-likeness (QED) is 0.836. The van der Waals surface area contributed by atoms with Crippen LogP contribution in [-0.4, -0.2) is 4.99 Å². The van der Waals surface area contributed by atoms with E-state index in [1.807, 2.05) is 32.0 Å². The summed E-state index contributed by atoms with van der Waals surface area (Å²) >= 11 is 4.97. The molecule has 4 heteroatoms. The number of aryl methyl sites for hydroxylation is 2. The van der Waals surface area contributed by atoms with Gasteiger partial charge in [-0.25, -0.2) is 4.39 Å². The average molecular weight is 274 g/mol. The molecule has 0 atom stereocenters. The lowest BCUT2D eigenvalue weighted by Crippen LogP contribution is -2.11. The summed E-state index contributed by atoms with van der Waals surface area (Å²) in [5.41, 5.74) is 10.1. The molecule has 0 saturated carbocycles. The van der Waals surface area contributed by atoms with E-state index in [-0.39, 0.29) is 5.82 Å². The maximum atomic E-state index is 13.2. The van der Waals surface area contributed by atoms with Crippen LogP contribution in [0.4, 0.5) is 15.8 Å². The van der Waals surface area contributed by atoms with Gasteiger partial charge >= 0.3 is 0 Å². The Morgan fingerprint density at radius 3 is 2.47 bits per heavy atom. The van der Waals surface area contributed by atoms with E-state index >= 15 is 0 Å². The van der Waals surface area contributed by atoms with Crippen molar-refractivity contribution in [3.63, 3.8) is 0 Å². The Labute approximate surface area is 117 Å². The lowest BCUT2D eigenvalue weighted by atomic mass is 10.1. The number of benzene rings is 2. The Morgan fingerprint density at radius 2 is 1.84 bits per heavy atom. The van der Waals surface area contributed by atoms with Gasteiger partial charge in [-0.05, 0) is 55.3 Å². The Hall–Kier alpha value is -1.94. The third-order valence-corrected chi connectivity index (χ3v) is 3.19. The van der Waals surface area contributed by atoms with Crippen molar-refractivity contribution in [1.82, 2.24) is 0 Å². The Morgan fingerprint density at radius 1 is 1.11 bits per heavy atom. The molecule has 2 nitrogen and oxygen atoms in total. The molecule has 3 N–H and O–H groups in total. The highest BCUT2D eigenvalue weighted by Crippen LogP contribution is 2.23. The second-order valence-corrected chi connectivity index (χ2v) is 4.92. The molecule has 0 amide bonds. The van der Waals surface area contributed by atoms with E-state index in [9.17, 15) is 4.39 Å². The van der Waals surface area contributed by atoms with E-state index in [2.05, 4.69) is 5.32 Å². The Bertz CT molecular complexity index is 638. The monoisotopic (exact) mass is 274 g/mol. The lowest BCUT2D eigenvalue weighted by Gasteiger charge is -2.12. The molecule has 0 radical (unpaired) electrons. The number of nitrogens with one attached hydrogen (secondary N) is 1. The molecule has 2 rings (SSSR count). The van der Waals surface area contributed by atoms with Crippen LogP contribution in [0.2, 0.25) is 0 Å². The lowest BCUT2D eigenvalue weighted by molar-refractivity contribution is 0.628. The Balaban J connectivity index is 2.31. The minimum Gasteiger partial charge on any atom is -0.389 e. The van der Waals surface area contributed by atoms with Gasteiger partial charge < -0.3 is 11.1 Å². The number of thiocarbonyl (C=S) groups is 1. The van der Waals surface area contributed by atoms with E-state index in [4.69, 9.17) is 18.0 Å². The van der Waals surface area contributed by atoms with Crippen LogP contribution in [0.15, 0.2) is 36.4 Å². The molecule has 0 aromatic heterocycles. The van der Waals surface area contributed by atoms with E-state index < -0.39 is 0 Å². The topological polar surface area (TPSA) is 38.0 Å². The largest absolute Gasteiger partial charge is 0.389 e. The first-order valence-electron chi connectivity index (χ1n) is 5.91. The fourth-order valence-electron chi connectivity index (χ4n) is 1.90. The molecular formula is C15H15FN2S. The zero-order chi connectivity index (χ0) is 14.0. The van der Waals surface area contributed by atoms with Crippen molar-refractivity contribution in [1.29, 1.82) is 0 Å². The number of nitrogens with two attached hydrogens (primary N) is 1. The molecule has 0 heterocycles. The molecule has 0 bridgehead atoms. The van der Waals surface area contributed by atoms with E-state index in [0.717, 1.165) is 28.1 Å². The van der Waals surface area contributed by atoms with Gasteiger partial charge in [0.05, 0.1) is 0 Å². The van der Waals surface area contributed by atoms with Gasteiger partial charge in [0, 0.05) is 16.9 Å². The highest BCUT2D eigenvalue weighted by Gasteiger charge is 2.05. The summed E-state index contributed by atoms with van der Waals surface area (Å²) in [6, 6.07) is 10.4. The summed E-state index contributed by atoms with van der Waals surface area (Å²) in [5.74, 6) is -0.260. The van der Waals surface area contributed by atoms with Gasteiger partial charge in [0.2, 0.25) is 0 Å². The van der Waals surface area contributed by atoms with Crippen molar-refractivity contribution in [3.8, 4) is 0 Å². The molecule has 0 fully saturated rings. The molecule has 0 saturated heterocycles. The number of rotatable bonds is 3. The molecule has 0 aliphatic carbocycles. The van der Waals surface area contributed by atoms with E-state index in [0.29, 0.717) is 4.99 Å². The number of hydrogen-bond acceptors (Lipinski definition) is 2. The fraction of sp³-hybridized carbons (Fsp3) is 0.133. The second kappa shape index (κ2) is 5.36. The van der Waals surface area contributed by atoms with Crippen molar-refractivity contribution in [3.05, 3.63) is 58.9 Å². The molecule has 0 spiro atoms. The smallest absolute Gasteiger partial charge is 0.125 e. The van der Waals surface area contributed by atoms with Gasteiger partial charge in [-0.2, -0.15) is 0 Å². The first kappa shape index (κ1) is 13.5. The molecule has 0 aliphatic heterocycles. The minimum absolute atomic E-state index is 0.260. The Kier molecular flexibility index (Phi) is 3.81. The van der Waals surface area contributed by atoms with Gasteiger partial charge in [-0.1, -0.05) is 18.3 Å². The minimum atomic E-state index is -0.260. The van der Waals surface area contributed by atoms with E-state index in [1.165, 1.54) is 12.1 Å². The highest BCUT2D eigenvalue weighted by molar-refractivity contribution is 7.80. The SMILES string of the molecule is Cc1ccc(F)cc1Nc1ccc(C(N)=S)c(C)c1. The summed E-state index contributed by atoms with van der Waals surface area (Å²) in [6.45, 7) is 3.87. The molecular weight excluding hydrogens is 259 g/mol. The molecule has 2 aromatic rings. The molecule has 19 heavy (non-hydrogen) atoms. The van der Waals surface area contributed by atoms with Crippen molar-refractivity contribution in [2.45, 2.75) is 13.8 Å². The molecule has 0 unspecified atom stereocenters. The summed E-state index contributed by atoms with van der Waals surface area (Å²) in [4.78, 5) is 0.381. The van der Waals surface area contributed by atoms with Crippen molar-refractivity contribution in [2.75, 3.05) is 5.32 Å². The third kappa shape index (κ3) is 3.09. The molecule has 0 aliphatic rings. The van der Waals surface area contributed by atoms with Crippen molar-refractivity contribution < 1.29 is 4.39 Å². The predicted octanol–water partition coefficient (Wildman–Crippen LogP) is 3.82. The summed E-state index contributed by atoms with van der Waals surface area (Å²) < 4.78 is 13.2. The maximum Gasteiger partial charge on any atom is 0.125 e. The van der Waals surface area contributed by atoms with Crippen LogP contribution in [0.3, 0.4) is 0 Å². The van der Waals surface area contributed by atoms with Crippen LogP contribution in [0, 0.1) is 19.7 Å². The predicted molar refractivity (Wildman–Crippen MR) is 81.5 cm³/mol. The van der Waals surface area contributed by atoms with Crippen LogP contribution in [-0.2, 0) is 0 Å². The summed E-state index contributed by atoms with van der Waals surface area (Å²) in [6.07, 6.45) is 0. The van der Waals surface area contributed by atoms with E-state index in [1.54, 1.807) is 6.07 Å². The number of halogens is 1. The average Bonchev–Trinajstić information content (AvgIpc) is 2.33. The molecule has 98 valence electrons. The standard InChI is InChI=1S/C15H15FN2S/c1-9-3-4-11(16)8-14(9)18-12-5-6-13(15(17)19)10(2)7-12/h3-8,18H,1-2H3,(H2,17,19). The van der Waals surface area contributed by atoms with Crippen LogP contribution in [0.25, 0.3) is 0 Å². The zero-order valence-electron chi connectivity index (χ0n) is 10.8. The summed E-state index contributed by atoms with van der Waals surface area (Å²) in [5, 5.41) is 3.20. The first-order valence-corrected chi connectivity index (χ1v) is 6.32. The van der Waals surface area contributed by atoms with Gasteiger partial charge in [-0.15, -0.1) is 0 Å². The number of anilines is 2. The zero-order valence-corrected chi connectivity index (χ0v) is 11.6. The van der Waals surface area contributed by atoms with Crippen LogP contribution in [0.1, 0.15) is 16.7 Å². The first-order chi connectivity index (χ1) is 8.97. The van der Waals surface area contributed by atoms with Crippen LogP contribution < -0.4 is 11.1 Å². The molecule has 2 aromatic carbocycles. The van der Waals surface area contributed by atoms with Crippen LogP contribution in [0.5, 0.6) is 0 Å². The van der Waals surface area contributed by atoms with Crippen molar-refractivity contribution >= 4 is 28.6 Å². The number of hydrogen-bond donors (Lipinski definition) is 2. The third-order valence-electron chi connectivity index (χ3n) is 2.97. The van der Waals surface area contributed by atoms with Gasteiger partial charge in [0.25, 0.3) is 0 Å². The van der Waals surface area contributed by atoms with Crippen LogP contribution >= 0.6 is 12.2 Å². The van der Waals surface area contributed by atoms with Gasteiger partial charge in [0.1, 0.15) is 10.8 Å². The van der Waals surface area contributed by atoms with Gasteiger partial charge in [-0.3, -0.25) is 0 Å². The maximum absolute atomic E-state index is 13.2. The summed E-state index contributed by atoms with van der Waals surface area (Å²) in [7, 11) is 0. The fourth-order valence-corrected chi connectivity index (χ4v) is 2.13. The van der Waals surface area contributed by atoms with Crippen molar-refractivity contribution in [2.24, 2.45) is 5.73 Å². The second-order valence-electron chi connectivity index (χ2n) is 4.48. The highest BCUT2D eigenvalue weighted by atomic mass is 32.1. The normalized spacial score (nSPS) is 10.3.